The number of hydrogen-bond acceptors (Lipinski definition) is 7. The van der Waals surface area contributed by atoms with Gasteiger partial charge >= 0.3 is 0 Å². The molecule has 4 amide bonds. The lowest BCUT2D eigenvalue weighted by molar-refractivity contribution is -0.140. The predicted molar refractivity (Wildman–Crippen MR) is 195 cm³/mol. The number of nitrogens with zero attached hydrogens (tertiary/aromatic N) is 2. The summed E-state index contributed by atoms with van der Waals surface area (Å²) in [6.07, 6.45) is 4.50. The minimum absolute atomic E-state index is 0.104. The van der Waals surface area contributed by atoms with Crippen molar-refractivity contribution in [3.8, 4) is 0 Å². The fourth-order valence-corrected chi connectivity index (χ4v) is 6.57. The molecular weight excluding hydrogens is 651 g/mol. The summed E-state index contributed by atoms with van der Waals surface area (Å²) >= 11 is 0. The molecule has 0 aliphatic rings. The Balaban J connectivity index is 1.40. The van der Waals surface area contributed by atoms with Crippen molar-refractivity contribution < 1.29 is 28.8 Å². The molecule has 12 heteroatoms. The second-order valence-electron chi connectivity index (χ2n) is 13.8. The summed E-state index contributed by atoms with van der Waals surface area (Å²) in [4.78, 5) is 61.5. The van der Waals surface area contributed by atoms with Crippen LogP contribution >= 0.6 is 0 Å². The van der Waals surface area contributed by atoms with E-state index in [1.807, 2.05) is 27.7 Å². The van der Waals surface area contributed by atoms with Crippen molar-refractivity contribution >= 4 is 62.5 Å². The lowest BCUT2D eigenvalue weighted by atomic mass is 9.69. The van der Waals surface area contributed by atoms with E-state index in [0.29, 0.717) is 40.3 Å². The molecule has 0 spiro atoms. The van der Waals surface area contributed by atoms with E-state index in [1.165, 1.54) is 24.3 Å². The van der Waals surface area contributed by atoms with E-state index in [1.54, 1.807) is 78.5 Å². The first-order chi connectivity index (χ1) is 24.3. The van der Waals surface area contributed by atoms with Gasteiger partial charge < -0.3 is 16.0 Å². The van der Waals surface area contributed by atoms with Crippen LogP contribution in [0.2, 0.25) is 0 Å². The Morgan fingerprint density at radius 2 is 1.20 bits per heavy atom. The van der Waals surface area contributed by atoms with Gasteiger partial charge in [0.1, 0.15) is 0 Å². The van der Waals surface area contributed by atoms with Crippen LogP contribution in [0.5, 0.6) is 0 Å². The van der Waals surface area contributed by atoms with Gasteiger partial charge in [0.25, 0.3) is 17.5 Å². The minimum Gasteiger partial charge on any atom is -0.326 e. The highest BCUT2D eigenvalue weighted by atomic mass is 19.1. The van der Waals surface area contributed by atoms with Crippen LogP contribution in [0.4, 0.5) is 21.5 Å². The summed E-state index contributed by atoms with van der Waals surface area (Å²) in [5.41, 5.74) is -1.16. The third-order valence-electron chi connectivity index (χ3n) is 9.06. The minimum atomic E-state index is -3.23. The number of nitrogens with one attached hydrogen (secondary N) is 4. The monoisotopic (exact) mass is 692 g/mol. The molecule has 3 aromatic carbocycles. The van der Waals surface area contributed by atoms with Gasteiger partial charge in [-0.2, -0.15) is 0 Å². The van der Waals surface area contributed by atoms with Gasteiger partial charge in [0.15, 0.2) is 0 Å². The summed E-state index contributed by atoms with van der Waals surface area (Å²) in [6, 6.07) is 22.6. The number of pyridine rings is 2. The van der Waals surface area contributed by atoms with Crippen molar-refractivity contribution in [3.05, 3.63) is 103 Å². The van der Waals surface area contributed by atoms with Gasteiger partial charge in [-0.25, -0.2) is 9.87 Å². The average Bonchev–Trinajstić information content (AvgIpc) is 3.11. The van der Waals surface area contributed by atoms with Crippen LogP contribution in [0.15, 0.2) is 97.3 Å². The van der Waals surface area contributed by atoms with Crippen molar-refractivity contribution in [3.63, 3.8) is 0 Å². The Morgan fingerprint density at radius 3 is 1.69 bits per heavy atom. The first-order valence-electron chi connectivity index (χ1n) is 16.6. The molecule has 2 heterocycles. The molecule has 0 bridgehead atoms. The van der Waals surface area contributed by atoms with Gasteiger partial charge in [-0.05, 0) is 53.6 Å². The van der Waals surface area contributed by atoms with E-state index >= 15 is 4.39 Å². The largest absolute Gasteiger partial charge is 0.326 e. The number of hydrogen-bond donors (Lipinski definition) is 5. The maximum atomic E-state index is 17.4. The number of aromatic nitrogens is 2. The molecule has 5 rings (SSSR count). The van der Waals surface area contributed by atoms with Gasteiger partial charge in [-0.1, -0.05) is 82.6 Å². The molecule has 0 saturated carbocycles. The molecule has 264 valence electrons. The molecule has 0 fully saturated rings. The van der Waals surface area contributed by atoms with Crippen LogP contribution in [-0.4, -0.2) is 38.8 Å². The van der Waals surface area contributed by atoms with E-state index < -0.39 is 34.2 Å². The number of anilines is 3. The van der Waals surface area contributed by atoms with E-state index in [2.05, 4.69) is 25.9 Å². The zero-order valence-corrected chi connectivity index (χ0v) is 28.9. The molecule has 51 heavy (non-hydrogen) atoms. The predicted octanol–water partition coefficient (Wildman–Crippen LogP) is 7.28. The van der Waals surface area contributed by atoms with E-state index in [9.17, 15) is 19.2 Å². The van der Waals surface area contributed by atoms with Crippen molar-refractivity contribution in [2.45, 2.75) is 59.0 Å². The van der Waals surface area contributed by atoms with Crippen LogP contribution in [0.1, 0.15) is 58.9 Å². The Labute approximate surface area is 295 Å². The number of alkyl halides is 1. The van der Waals surface area contributed by atoms with Crippen molar-refractivity contribution in [1.29, 1.82) is 0 Å². The summed E-state index contributed by atoms with van der Waals surface area (Å²) in [5, 5.41) is 18.4. The molecule has 0 aliphatic heterocycles. The zero-order chi connectivity index (χ0) is 36.8. The van der Waals surface area contributed by atoms with Crippen LogP contribution in [0.25, 0.3) is 21.8 Å². The number of halogens is 1. The number of carbonyl (C=O) groups excluding carboxylic acids is 4. The molecule has 1 unspecified atom stereocenters. The number of rotatable bonds is 13. The number of hydroxylamine groups is 1. The molecule has 0 saturated heterocycles. The zero-order valence-electron chi connectivity index (χ0n) is 28.9. The Kier molecular flexibility index (Phi) is 10.8. The number of amides is 4. The molecule has 2 aromatic heterocycles. The van der Waals surface area contributed by atoms with Gasteiger partial charge in [-0.15, -0.1) is 0 Å². The lowest BCUT2D eigenvalue weighted by Gasteiger charge is -2.36. The van der Waals surface area contributed by atoms with E-state index in [4.69, 9.17) is 5.21 Å². The standard InChI is InChI=1S/C39H41FN6O5/c1-5-38(4,23-32(48)46-51)24-37(2,3)22-31(47)43-28-18-16-27(17-19-28)39(40,35(49)44-29-14-6-10-25-12-8-20-41-33(25)29)36(50)45-30-15-7-11-26-13-9-21-42-34(26)30/h6-21,51H,5,22-24H2,1-4H3,(H,43,47)(H,44,49)(H,45,50)(H,46,48). The van der Waals surface area contributed by atoms with Crippen LogP contribution < -0.4 is 21.4 Å². The highest BCUT2D eigenvalue weighted by Gasteiger charge is 2.49. The molecule has 5 N–H and O–H groups in total. The van der Waals surface area contributed by atoms with Gasteiger partial charge in [-0.3, -0.25) is 34.4 Å². The second-order valence-corrected chi connectivity index (χ2v) is 13.8. The fraction of sp³-hybridized carbons (Fsp3) is 0.282. The lowest BCUT2D eigenvalue weighted by Crippen LogP contribution is -2.46. The van der Waals surface area contributed by atoms with Gasteiger partial charge in [0, 0.05) is 47.3 Å². The second kappa shape index (κ2) is 15.0. The maximum Gasteiger partial charge on any atom is 0.291 e. The molecule has 0 radical (unpaired) electrons. The number of para-hydroxylation sites is 2. The third kappa shape index (κ3) is 8.35. The molecule has 11 nitrogen and oxygen atoms in total. The smallest absolute Gasteiger partial charge is 0.291 e. The van der Waals surface area contributed by atoms with Crippen LogP contribution in [0.3, 0.4) is 0 Å². The number of carbonyl (C=O) groups is 4. The van der Waals surface area contributed by atoms with E-state index in [0.717, 1.165) is 0 Å². The Hall–Kier alpha value is -5.75. The van der Waals surface area contributed by atoms with Gasteiger partial charge in [0.05, 0.1) is 22.4 Å². The first kappa shape index (κ1) is 36.5. The highest BCUT2D eigenvalue weighted by Crippen LogP contribution is 2.41. The highest BCUT2D eigenvalue weighted by molar-refractivity contribution is 6.20. The van der Waals surface area contributed by atoms with Gasteiger partial charge in [0.2, 0.25) is 11.8 Å². The Morgan fingerprint density at radius 1 is 0.686 bits per heavy atom. The van der Waals surface area contributed by atoms with Crippen molar-refractivity contribution in [2.75, 3.05) is 16.0 Å². The summed E-state index contributed by atoms with van der Waals surface area (Å²) in [5.74, 6) is -3.28. The van der Waals surface area contributed by atoms with Crippen LogP contribution in [0, 0.1) is 10.8 Å². The maximum absolute atomic E-state index is 17.4. The number of fused-ring (bicyclic) bond motifs is 2. The van der Waals surface area contributed by atoms with E-state index in [-0.39, 0.29) is 35.7 Å². The third-order valence-corrected chi connectivity index (χ3v) is 9.06. The average molecular weight is 693 g/mol. The summed E-state index contributed by atoms with van der Waals surface area (Å²) in [6.45, 7) is 7.73. The fourth-order valence-electron chi connectivity index (χ4n) is 6.57. The molecule has 1 atom stereocenters. The van der Waals surface area contributed by atoms with Crippen molar-refractivity contribution in [1.82, 2.24) is 15.4 Å². The Bertz CT molecular complexity index is 1980. The normalized spacial score (nSPS) is 12.9. The van der Waals surface area contributed by atoms with Crippen molar-refractivity contribution in [2.24, 2.45) is 10.8 Å². The quantitative estimate of drug-likeness (QED) is 0.0492. The first-order valence-corrected chi connectivity index (χ1v) is 16.6. The van der Waals surface area contributed by atoms with Crippen LogP contribution in [-0.2, 0) is 24.8 Å². The summed E-state index contributed by atoms with van der Waals surface area (Å²) < 4.78 is 17.4. The SMILES string of the molecule is CCC(C)(CC(=O)NO)CC(C)(C)CC(=O)Nc1ccc(C(F)(C(=O)Nc2cccc3cccnc23)C(=O)Nc2cccc3cccnc23)cc1. The molecule has 0 aliphatic carbocycles. The summed E-state index contributed by atoms with van der Waals surface area (Å²) in [7, 11) is 0. The molecule has 5 aromatic rings. The molecular formula is C39H41FN6O5. The number of benzene rings is 3. The topological polar surface area (TPSA) is 162 Å².